The molecule has 2 amide bonds. The predicted molar refractivity (Wildman–Crippen MR) is 116 cm³/mol. The number of nitrogens with zero attached hydrogens (tertiary/aromatic N) is 3. The molecule has 168 valence electrons. The van der Waals surface area contributed by atoms with Crippen LogP contribution in [0.5, 0.6) is 5.75 Å². The number of amides is 2. The lowest BCUT2D eigenvalue weighted by Gasteiger charge is -2.09. The van der Waals surface area contributed by atoms with Crippen LogP contribution < -0.4 is 21.3 Å². The van der Waals surface area contributed by atoms with Crippen LogP contribution in [-0.4, -0.2) is 32.5 Å². The molecule has 0 unspecified atom stereocenters. The summed E-state index contributed by atoms with van der Waals surface area (Å²) in [5.74, 6) is -1.24. The van der Waals surface area contributed by atoms with Crippen molar-refractivity contribution in [3.05, 3.63) is 69.1 Å². The number of imidazole rings is 1. The molecule has 0 atom stereocenters. The fourth-order valence-corrected chi connectivity index (χ4v) is 3.25. The zero-order chi connectivity index (χ0) is 23.1. The van der Waals surface area contributed by atoms with E-state index in [4.69, 9.17) is 4.74 Å². The summed E-state index contributed by atoms with van der Waals surface area (Å²) in [5.41, 5.74) is 5.52. The molecule has 0 fully saturated rings. The van der Waals surface area contributed by atoms with Gasteiger partial charge in [-0.05, 0) is 24.6 Å². The Labute approximate surface area is 182 Å². The van der Waals surface area contributed by atoms with E-state index in [-0.39, 0.29) is 30.1 Å². The smallest absolute Gasteiger partial charge is 0.329 e. The highest BCUT2D eigenvalue weighted by Gasteiger charge is 2.16. The van der Waals surface area contributed by atoms with Gasteiger partial charge < -0.3 is 4.74 Å². The normalized spacial score (nSPS) is 10.7. The molecule has 2 aromatic carbocycles. The van der Waals surface area contributed by atoms with Gasteiger partial charge in [-0.25, -0.2) is 4.79 Å². The number of carbonyl (C=O) groups excluding carboxylic acids is 2. The van der Waals surface area contributed by atoms with E-state index in [9.17, 15) is 24.5 Å². The Kier molecular flexibility index (Phi) is 7.21. The molecule has 0 bridgehead atoms. The molecule has 0 saturated carbocycles. The van der Waals surface area contributed by atoms with Gasteiger partial charge in [0, 0.05) is 25.6 Å². The third kappa shape index (κ3) is 5.12. The summed E-state index contributed by atoms with van der Waals surface area (Å²) in [6.45, 7) is 2.18. The first-order chi connectivity index (χ1) is 15.4. The van der Waals surface area contributed by atoms with Gasteiger partial charge in [-0.15, -0.1) is 0 Å². The van der Waals surface area contributed by atoms with E-state index in [2.05, 4.69) is 10.9 Å². The van der Waals surface area contributed by atoms with Crippen LogP contribution in [0.3, 0.4) is 0 Å². The number of ether oxygens (including phenoxy) is 1. The van der Waals surface area contributed by atoms with Crippen molar-refractivity contribution in [1.29, 1.82) is 0 Å². The number of benzene rings is 2. The number of carbonyl (C=O) groups is 2. The number of rotatable bonds is 9. The van der Waals surface area contributed by atoms with Crippen molar-refractivity contribution in [2.75, 3.05) is 6.61 Å². The number of hydrogen-bond donors (Lipinski definition) is 2. The maximum atomic E-state index is 12.7. The SMILES string of the molecule is CCCn1c(=O)n(CCC(=O)NNC(=O)COc2ccccc2[N+](=O)[O-])c2ccccc21. The highest BCUT2D eigenvalue weighted by Crippen LogP contribution is 2.25. The lowest BCUT2D eigenvalue weighted by atomic mass is 10.3. The van der Waals surface area contributed by atoms with Crippen molar-refractivity contribution >= 4 is 28.5 Å². The molecule has 3 aromatic rings. The molecule has 32 heavy (non-hydrogen) atoms. The average Bonchev–Trinajstić information content (AvgIpc) is 3.06. The van der Waals surface area contributed by atoms with Gasteiger partial charge in [-0.3, -0.25) is 39.7 Å². The highest BCUT2D eigenvalue weighted by molar-refractivity contribution is 5.83. The van der Waals surface area contributed by atoms with Gasteiger partial charge in [-0.1, -0.05) is 31.2 Å². The Morgan fingerprint density at radius 3 is 2.22 bits per heavy atom. The molecular formula is C21H23N5O6. The van der Waals surface area contributed by atoms with E-state index < -0.39 is 23.3 Å². The molecule has 0 aliphatic carbocycles. The molecule has 11 nitrogen and oxygen atoms in total. The van der Waals surface area contributed by atoms with Crippen LogP contribution in [-0.2, 0) is 22.7 Å². The molecule has 0 aliphatic rings. The topological polar surface area (TPSA) is 138 Å². The minimum atomic E-state index is -0.687. The monoisotopic (exact) mass is 441 g/mol. The summed E-state index contributed by atoms with van der Waals surface area (Å²) in [6, 6.07) is 13.0. The number of nitrogens with one attached hydrogen (secondary N) is 2. The van der Waals surface area contributed by atoms with E-state index in [0.29, 0.717) is 6.54 Å². The summed E-state index contributed by atoms with van der Waals surface area (Å²) in [5, 5.41) is 11.0. The lowest BCUT2D eigenvalue weighted by molar-refractivity contribution is -0.385. The lowest BCUT2D eigenvalue weighted by Crippen LogP contribution is -2.44. The number of hydrogen-bond acceptors (Lipinski definition) is 6. The fourth-order valence-electron chi connectivity index (χ4n) is 3.25. The van der Waals surface area contributed by atoms with Crippen LogP contribution in [0, 0.1) is 10.1 Å². The van der Waals surface area contributed by atoms with Crippen molar-refractivity contribution < 1.29 is 19.2 Å². The molecule has 11 heteroatoms. The Morgan fingerprint density at radius 2 is 1.56 bits per heavy atom. The number of nitro groups is 1. The minimum absolute atomic E-state index is 0.0364. The van der Waals surface area contributed by atoms with Crippen molar-refractivity contribution in [3.8, 4) is 5.75 Å². The molecule has 0 aliphatic heterocycles. The van der Waals surface area contributed by atoms with Crippen LogP contribution in [0.1, 0.15) is 19.8 Å². The third-order valence-corrected chi connectivity index (χ3v) is 4.70. The third-order valence-electron chi connectivity index (χ3n) is 4.70. The second kappa shape index (κ2) is 10.2. The number of para-hydroxylation sites is 4. The maximum Gasteiger partial charge on any atom is 0.329 e. The van der Waals surface area contributed by atoms with Crippen LogP contribution in [0.4, 0.5) is 5.69 Å². The summed E-state index contributed by atoms with van der Waals surface area (Å²) in [4.78, 5) is 47.1. The zero-order valence-corrected chi connectivity index (χ0v) is 17.4. The molecular weight excluding hydrogens is 418 g/mol. The number of aryl methyl sites for hydroxylation is 2. The summed E-state index contributed by atoms with van der Waals surface area (Å²) < 4.78 is 8.37. The Hall–Kier alpha value is -4.15. The standard InChI is InChI=1S/C21H23N5O6/c1-2-12-24-15-7-3-4-8-16(15)25(21(24)29)13-11-19(27)22-23-20(28)14-32-18-10-6-5-9-17(18)26(30)31/h3-10H,2,11-14H2,1H3,(H,22,27)(H,23,28). The molecule has 2 N–H and O–H groups in total. The summed E-state index contributed by atoms with van der Waals surface area (Å²) in [6.07, 6.45) is 0.764. The van der Waals surface area contributed by atoms with Gasteiger partial charge in [0.05, 0.1) is 16.0 Å². The zero-order valence-electron chi connectivity index (χ0n) is 17.4. The second-order valence-electron chi connectivity index (χ2n) is 6.93. The van der Waals surface area contributed by atoms with Crippen molar-refractivity contribution in [2.24, 2.45) is 0 Å². The van der Waals surface area contributed by atoms with Crippen molar-refractivity contribution in [1.82, 2.24) is 20.0 Å². The number of nitro benzene ring substituents is 1. The van der Waals surface area contributed by atoms with E-state index in [0.717, 1.165) is 17.5 Å². The Morgan fingerprint density at radius 1 is 0.969 bits per heavy atom. The molecule has 1 heterocycles. The first-order valence-electron chi connectivity index (χ1n) is 10.0. The first-order valence-corrected chi connectivity index (χ1v) is 10.0. The van der Waals surface area contributed by atoms with Crippen LogP contribution >= 0.6 is 0 Å². The maximum absolute atomic E-state index is 12.7. The molecule has 0 saturated heterocycles. The quantitative estimate of drug-likeness (QED) is 0.383. The average molecular weight is 441 g/mol. The molecule has 0 radical (unpaired) electrons. The van der Waals surface area contributed by atoms with Gasteiger partial charge in [0.2, 0.25) is 5.91 Å². The summed E-state index contributed by atoms with van der Waals surface area (Å²) in [7, 11) is 0. The van der Waals surface area contributed by atoms with Crippen LogP contribution in [0.15, 0.2) is 53.3 Å². The van der Waals surface area contributed by atoms with E-state index in [1.54, 1.807) is 10.6 Å². The van der Waals surface area contributed by atoms with Crippen LogP contribution in [0.2, 0.25) is 0 Å². The number of fused-ring (bicyclic) bond motifs is 1. The second-order valence-corrected chi connectivity index (χ2v) is 6.93. The van der Waals surface area contributed by atoms with Crippen LogP contribution in [0.25, 0.3) is 11.0 Å². The summed E-state index contributed by atoms with van der Waals surface area (Å²) >= 11 is 0. The van der Waals surface area contributed by atoms with Crippen molar-refractivity contribution in [2.45, 2.75) is 32.9 Å². The van der Waals surface area contributed by atoms with Gasteiger partial charge in [0.1, 0.15) is 0 Å². The number of hydrazine groups is 1. The molecule has 0 spiro atoms. The first kappa shape index (κ1) is 22.5. The van der Waals surface area contributed by atoms with E-state index >= 15 is 0 Å². The highest BCUT2D eigenvalue weighted by atomic mass is 16.6. The minimum Gasteiger partial charge on any atom is -0.477 e. The fraction of sp³-hybridized carbons (Fsp3) is 0.286. The van der Waals surface area contributed by atoms with Gasteiger partial charge >= 0.3 is 11.4 Å². The van der Waals surface area contributed by atoms with Gasteiger partial charge in [0.15, 0.2) is 12.4 Å². The molecule has 3 rings (SSSR count). The van der Waals surface area contributed by atoms with Gasteiger partial charge in [0.25, 0.3) is 5.91 Å². The van der Waals surface area contributed by atoms with Gasteiger partial charge in [-0.2, -0.15) is 0 Å². The largest absolute Gasteiger partial charge is 0.477 e. The van der Waals surface area contributed by atoms with E-state index in [1.165, 1.54) is 22.8 Å². The molecule has 1 aromatic heterocycles. The van der Waals surface area contributed by atoms with Crippen molar-refractivity contribution in [3.63, 3.8) is 0 Å². The van der Waals surface area contributed by atoms with E-state index in [1.807, 2.05) is 31.2 Å². The Bertz CT molecular complexity index is 1200. The predicted octanol–water partition coefficient (Wildman–Crippen LogP) is 1.74. The number of aromatic nitrogens is 2. The Balaban J connectivity index is 1.53.